The minimum Gasteiger partial charge on any atom is -0.317 e. The van der Waals surface area contributed by atoms with Crippen LogP contribution in [0.25, 0.3) is 11.0 Å². The summed E-state index contributed by atoms with van der Waals surface area (Å²) in [6.45, 7) is 4.71. The van der Waals surface area contributed by atoms with E-state index < -0.39 is 0 Å². The number of nitrogens with zero attached hydrogens (tertiary/aromatic N) is 2. The van der Waals surface area contributed by atoms with Crippen LogP contribution in [0, 0.1) is 0 Å². The third kappa shape index (κ3) is 9.68. The van der Waals surface area contributed by atoms with Crippen molar-refractivity contribution >= 4 is 11.0 Å². The van der Waals surface area contributed by atoms with E-state index in [1.807, 2.05) is 6.07 Å². The van der Waals surface area contributed by atoms with E-state index in [4.69, 9.17) is 0 Å². The highest BCUT2D eigenvalue weighted by atomic mass is 15.3. The summed E-state index contributed by atoms with van der Waals surface area (Å²) in [7, 11) is 0. The van der Waals surface area contributed by atoms with Crippen LogP contribution in [0.15, 0.2) is 18.2 Å². The lowest BCUT2D eigenvalue weighted by Gasteiger charge is -2.05. The zero-order chi connectivity index (χ0) is 19.7. The highest BCUT2D eigenvalue weighted by Crippen LogP contribution is 2.17. The monoisotopic (exact) mass is 386 g/mol. The van der Waals surface area contributed by atoms with Gasteiger partial charge in [-0.05, 0) is 50.4 Å². The van der Waals surface area contributed by atoms with Crippen molar-refractivity contribution < 1.29 is 0 Å². The second kappa shape index (κ2) is 15.5. The van der Waals surface area contributed by atoms with E-state index in [0.29, 0.717) is 0 Å². The van der Waals surface area contributed by atoms with Crippen LogP contribution >= 0.6 is 0 Å². The van der Waals surface area contributed by atoms with E-state index in [9.17, 15) is 0 Å². The first kappa shape index (κ1) is 22.9. The molecule has 0 aliphatic rings. The average molecular weight is 387 g/mol. The van der Waals surface area contributed by atoms with E-state index in [1.54, 1.807) is 0 Å². The Morgan fingerprint density at radius 3 is 2.04 bits per heavy atom. The number of aromatic amines is 1. The predicted octanol–water partition coefficient (Wildman–Crippen LogP) is 6.57. The lowest BCUT2D eigenvalue weighted by atomic mass is 10.0. The van der Waals surface area contributed by atoms with Gasteiger partial charge in [0.1, 0.15) is 5.52 Å². The van der Waals surface area contributed by atoms with E-state index >= 15 is 0 Å². The summed E-state index contributed by atoms with van der Waals surface area (Å²) in [6, 6.07) is 6.33. The molecular formula is C24H42N4. The lowest BCUT2D eigenvalue weighted by Crippen LogP contribution is -2.16. The van der Waals surface area contributed by atoms with Gasteiger partial charge < -0.3 is 5.32 Å². The van der Waals surface area contributed by atoms with Gasteiger partial charge in [-0.15, -0.1) is 5.10 Å². The van der Waals surface area contributed by atoms with Crippen molar-refractivity contribution in [3.63, 3.8) is 0 Å². The molecule has 0 bridgehead atoms. The van der Waals surface area contributed by atoms with E-state index in [-0.39, 0.29) is 0 Å². The SMILES string of the molecule is CCCCCCCCNCCCCCCCCCCc1cccc2[nH]nnc12. The van der Waals surface area contributed by atoms with Crippen LogP contribution in [0.1, 0.15) is 102 Å². The second-order valence-electron chi connectivity index (χ2n) is 8.22. The maximum atomic E-state index is 4.20. The van der Waals surface area contributed by atoms with Crippen LogP contribution in [0.2, 0.25) is 0 Å². The number of rotatable bonds is 18. The molecule has 28 heavy (non-hydrogen) atoms. The Hall–Kier alpha value is -1.42. The predicted molar refractivity (Wildman–Crippen MR) is 121 cm³/mol. The van der Waals surface area contributed by atoms with Gasteiger partial charge >= 0.3 is 0 Å². The van der Waals surface area contributed by atoms with Gasteiger partial charge in [-0.1, -0.05) is 94.9 Å². The molecule has 0 aliphatic heterocycles. The smallest absolute Gasteiger partial charge is 0.116 e. The molecule has 0 fully saturated rings. The first-order chi connectivity index (χ1) is 13.9. The molecule has 4 nitrogen and oxygen atoms in total. The highest BCUT2D eigenvalue weighted by Gasteiger charge is 2.03. The van der Waals surface area contributed by atoms with Gasteiger partial charge in [-0.2, -0.15) is 0 Å². The molecule has 1 aromatic heterocycles. The first-order valence-electron chi connectivity index (χ1n) is 11.9. The van der Waals surface area contributed by atoms with Crippen molar-refractivity contribution in [2.75, 3.05) is 13.1 Å². The Kier molecular flexibility index (Phi) is 12.7. The molecule has 158 valence electrons. The minimum absolute atomic E-state index is 1.05. The van der Waals surface area contributed by atoms with Crippen molar-refractivity contribution in [1.82, 2.24) is 20.7 Å². The number of nitrogens with one attached hydrogen (secondary N) is 2. The van der Waals surface area contributed by atoms with Crippen LogP contribution in [0.4, 0.5) is 0 Å². The molecule has 2 aromatic rings. The normalized spacial score (nSPS) is 11.5. The molecule has 2 N–H and O–H groups in total. The molecule has 0 unspecified atom stereocenters. The number of H-pyrrole nitrogens is 1. The van der Waals surface area contributed by atoms with E-state index in [0.717, 1.165) is 17.5 Å². The molecule has 1 aromatic carbocycles. The number of aryl methyl sites for hydroxylation is 1. The van der Waals surface area contributed by atoms with Gasteiger partial charge in [0.05, 0.1) is 5.52 Å². The fourth-order valence-electron chi connectivity index (χ4n) is 3.91. The first-order valence-corrected chi connectivity index (χ1v) is 11.9. The van der Waals surface area contributed by atoms with Gasteiger partial charge in [-0.25, -0.2) is 0 Å². The number of benzene rings is 1. The largest absolute Gasteiger partial charge is 0.317 e. The number of hydrogen-bond acceptors (Lipinski definition) is 3. The van der Waals surface area contributed by atoms with Crippen LogP contribution in [0.5, 0.6) is 0 Å². The van der Waals surface area contributed by atoms with Crippen LogP contribution in [-0.2, 0) is 6.42 Å². The maximum absolute atomic E-state index is 4.20. The third-order valence-corrected chi connectivity index (χ3v) is 5.70. The summed E-state index contributed by atoms with van der Waals surface area (Å²) in [5, 5.41) is 14.7. The molecule has 1 heterocycles. The van der Waals surface area contributed by atoms with Crippen molar-refractivity contribution in [3.05, 3.63) is 23.8 Å². The Bertz CT molecular complexity index is 607. The van der Waals surface area contributed by atoms with Gasteiger partial charge in [0, 0.05) is 0 Å². The topological polar surface area (TPSA) is 53.6 Å². The zero-order valence-corrected chi connectivity index (χ0v) is 18.1. The number of unbranched alkanes of at least 4 members (excludes halogenated alkanes) is 12. The van der Waals surface area contributed by atoms with Crippen molar-refractivity contribution in [2.45, 2.75) is 103 Å². The molecular weight excluding hydrogens is 344 g/mol. The van der Waals surface area contributed by atoms with E-state index in [1.165, 1.54) is 109 Å². The van der Waals surface area contributed by atoms with Crippen molar-refractivity contribution in [3.8, 4) is 0 Å². The summed E-state index contributed by atoms with van der Waals surface area (Å²) in [6.07, 6.45) is 20.4. The molecule has 4 heteroatoms. The third-order valence-electron chi connectivity index (χ3n) is 5.70. The van der Waals surface area contributed by atoms with Gasteiger partial charge in [0.15, 0.2) is 0 Å². The Morgan fingerprint density at radius 2 is 1.36 bits per heavy atom. The van der Waals surface area contributed by atoms with Gasteiger partial charge in [0.2, 0.25) is 0 Å². The summed E-state index contributed by atoms with van der Waals surface area (Å²) in [5.41, 5.74) is 3.44. The molecule has 0 spiro atoms. The van der Waals surface area contributed by atoms with Gasteiger partial charge in [0.25, 0.3) is 0 Å². The average Bonchev–Trinajstić information content (AvgIpc) is 3.20. The molecule has 0 radical (unpaired) electrons. The number of aromatic nitrogens is 3. The van der Waals surface area contributed by atoms with Crippen LogP contribution in [-0.4, -0.2) is 28.5 Å². The summed E-state index contributed by atoms with van der Waals surface area (Å²) in [4.78, 5) is 0. The highest BCUT2D eigenvalue weighted by molar-refractivity contribution is 5.77. The Labute approximate surface area is 172 Å². The zero-order valence-electron chi connectivity index (χ0n) is 18.1. The van der Waals surface area contributed by atoms with Crippen molar-refractivity contribution in [1.29, 1.82) is 0 Å². The molecule has 0 atom stereocenters. The minimum atomic E-state index is 1.05. The number of fused-ring (bicyclic) bond motifs is 1. The van der Waals surface area contributed by atoms with Crippen LogP contribution < -0.4 is 5.32 Å². The van der Waals surface area contributed by atoms with E-state index in [2.05, 4.69) is 39.8 Å². The molecule has 0 saturated heterocycles. The summed E-state index contributed by atoms with van der Waals surface area (Å²) < 4.78 is 0. The maximum Gasteiger partial charge on any atom is 0.116 e. The fourth-order valence-corrected chi connectivity index (χ4v) is 3.91. The number of hydrogen-bond donors (Lipinski definition) is 2. The molecule has 0 amide bonds. The molecule has 2 rings (SSSR count). The lowest BCUT2D eigenvalue weighted by molar-refractivity contribution is 0.535. The van der Waals surface area contributed by atoms with Gasteiger partial charge in [-0.3, -0.25) is 5.10 Å². The molecule has 0 saturated carbocycles. The Morgan fingerprint density at radius 1 is 0.750 bits per heavy atom. The van der Waals surface area contributed by atoms with Crippen LogP contribution in [0.3, 0.4) is 0 Å². The second-order valence-corrected chi connectivity index (χ2v) is 8.22. The summed E-state index contributed by atoms with van der Waals surface area (Å²) in [5.74, 6) is 0. The fraction of sp³-hybridized carbons (Fsp3) is 0.750. The van der Waals surface area contributed by atoms with Crippen molar-refractivity contribution in [2.24, 2.45) is 0 Å². The Balaban J connectivity index is 1.32. The quantitative estimate of drug-likeness (QED) is 0.285. The summed E-state index contributed by atoms with van der Waals surface area (Å²) >= 11 is 0. The standard InChI is InChI=1S/C24H42N4/c1-2-3-4-5-11-14-20-25-21-15-12-9-7-6-8-10-13-17-22-18-16-19-23-24(22)27-28-26-23/h16,18-19,25H,2-15,17,20-21H2,1H3,(H,26,27,28). The molecule has 0 aliphatic carbocycles.